The van der Waals surface area contributed by atoms with Crippen molar-refractivity contribution in [2.75, 3.05) is 33.0 Å². The highest BCUT2D eigenvalue weighted by atomic mass is 16.5. The SMILES string of the molecule is C=COCCOCC1(CC)COC1. The number of hydrogen-bond donors (Lipinski definition) is 0. The molecule has 1 rings (SSSR count). The highest BCUT2D eigenvalue weighted by Gasteiger charge is 2.36. The Morgan fingerprint density at radius 3 is 2.69 bits per heavy atom. The first-order valence-electron chi connectivity index (χ1n) is 4.71. The van der Waals surface area contributed by atoms with E-state index in [0.29, 0.717) is 13.2 Å². The van der Waals surface area contributed by atoms with Gasteiger partial charge in [-0.3, -0.25) is 0 Å². The molecule has 0 aromatic carbocycles. The lowest BCUT2D eigenvalue weighted by Gasteiger charge is -2.40. The molecule has 0 radical (unpaired) electrons. The molecule has 0 N–H and O–H groups in total. The van der Waals surface area contributed by atoms with Gasteiger partial charge in [-0.05, 0) is 6.42 Å². The third-order valence-corrected chi connectivity index (χ3v) is 2.44. The van der Waals surface area contributed by atoms with E-state index in [1.807, 2.05) is 0 Å². The molecule has 1 heterocycles. The third-order valence-electron chi connectivity index (χ3n) is 2.44. The number of rotatable bonds is 7. The zero-order valence-electron chi connectivity index (χ0n) is 8.25. The van der Waals surface area contributed by atoms with E-state index in [1.165, 1.54) is 6.26 Å². The summed E-state index contributed by atoms with van der Waals surface area (Å²) in [5.74, 6) is 0. The summed E-state index contributed by atoms with van der Waals surface area (Å²) in [4.78, 5) is 0. The second kappa shape index (κ2) is 5.25. The Labute approximate surface area is 79.7 Å². The Balaban J connectivity index is 2.00. The van der Waals surface area contributed by atoms with Crippen LogP contribution in [0.1, 0.15) is 13.3 Å². The molecule has 3 heteroatoms. The molecule has 3 nitrogen and oxygen atoms in total. The molecule has 0 atom stereocenters. The summed E-state index contributed by atoms with van der Waals surface area (Å²) in [7, 11) is 0. The summed E-state index contributed by atoms with van der Waals surface area (Å²) in [6, 6.07) is 0. The quantitative estimate of drug-likeness (QED) is 0.446. The van der Waals surface area contributed by atoms with Crippen LogP contribution in [0.25, 0.3) is 0 Å². The van der Waals surface area contributed by atoms with E-state index in [4.69, 9.17) is 14.2 Å². The van der Waals surface area contributed by atoms with Gasteiger partial charge in [-0.25, -0.2) is 0 Å². The molecule has 0 saturated carbocycles. The first-order chi connectivity index (χ1) is 6.33. The Morgan fingerprint density at radius 2 is 2.23 bits per heavy atom. The van der Waals surface area contributed by atoms with E-state index in [1.54, 1.807) is 0 Å². The van der Waals surface area contributed by atoms with E-state index in [9.17, 15) is 0 Å². The van der Waals surface area contributed by atoms with Gasteiger partial charge in [0.15, 0.2) is 0 Å². The number of ether oxygens (including phenoxy) is 3. The van der Waals surface area contributed by atoms with Crippen molar-refractivity contribution in [1.29, 1.82) is 0 Å². The summed E-state index contributed by atoms with van der Waals surface area (Å²) in [6.07, 6.45) is 2.56. The second-order valence-electron chi connectivity index (χ2n) is 3.44. The fraction of sp³-hybridized carbons (Fsp3) is 0.800. The molecule has 0 aromatic rings. The van der Waals surface area contributed by atoms with Crippen LogP contribution in [0.3, 0.4) is 0 Å². The predicted octanol–water partition coefficient (Wildman–Crippen LogP) is 1.59. The summed E-state index contributed by atoms with van der Waals surface area (Å²) < 4.78 is 15.6. The Kier molecular flexibility index (Phi) is 4.25. The Morgan fingerprint density at radius 1 is 1.46 bits per heavy atom. The van der Waals surface area contributed by atoms with Crippen molar-refractivity contribution in [2.45, 2.75) is 13.3 Å². The van der Waals surface area contributed by atoms with Crippen molar-refractivity contribution in [3.63, 3.8) is 0 Å². The Hall–Kier alpha value is -0.540. The monoisotopic (exact) mass is 186 g/mol. The average molecular weight is 186 g/mol. The molecule has 0 bridgehead atoms. The van der Waals surface area contributed by atoms with Crippen molar-refractivity contribution in [2.24, 2.45) is 5.41 Å². The van der Waals surface area contributed by atoms with Crippen molar-refractivity contribution in [3.8, 4) is 0 Å². The van der Waals surface area contributed by atoms with E-state index in [-0.39, 0.29) is 5.41 Å². The molecular formula is C10H18O3. The van der Waals surface area contributed by atoms with Crippen LogP contribution >= 0.6 is 0 Å². The van der Waals surface area contributed by atoms with E-state index in [2.05, 4.69) is 13.5 Å². The van der Waals surface area contributed by atoms with Crippen LogP contribution in [0.4, 0.5) is 0 Å². The van der Waals surface area contributed by atoms with Gasteiger partial charge < -0.3 is 14.2 Å². The minimum atomic E-state index is 0.286. The normalized spacial score (nSPS) is 19.2. The van der Waals surface area contributed by atoms with Gasteiger partial charge in [0.1, 0.15) is 6.61 Å². The first-order valence-corrected chi connectivity index (χ1v) is 4.71. The lowest BCUT2D eigenvalue weighted by atomic mass is 9.84. The van der Waals surface area contributed by atoms with Crippen LogP contribution in [0, 0.1) is 5.41 Å². The summed E-state index contributed by atoms with van der Waals surface area (Å²) >= 11 is 0. The van der Waals surface area contributed by atoms with Gasteiger partial charge in [0.25, 0.3) is 0 Å². The average Bonchev–Trinajstić information content (AvgIpc) is 2.09. The van der Waals surface area contributed by atoms with Gasteiger partial charge in [-0.1, -0.05) is 13.5 Å². The minimum Gasteiger partial charge on any atom is -0.499 e. The van der Waals surface area contributed by atoms with Gasteiger partial charge in [0.05, 0.1) is 32.7 Å². The van der Waals surface area contributed by atoms with Crippen LogP contribution in [-0.2, 0) is 14.2 Å². The summed E-state index contributed by atoms with van der Waals surface area (Å²) in [6.45, 7) is 9.31. The van der Waals surface area contributed by atoms with Crippen LogP contribution < -0.4 is 0 Å². The molecule has 1 saturated heterocycles. The molecule has 0 aromatic heterocycles. The smallest absolute Gasteiger partial charge is 0.111 e. The highest BCUT2D eigenvalue weighted by Crippen LogP contribution is 2.31. The van der Waals surface area contributed by atoms with Crippen molar-refractivity contribution in [3.05, 3.63) is 12.8 Å². The largest absolute Gasteiger partial charge is 0.499 e. The predicted molar refractivity (Wildman–Crippen MR) is 50.5 cm³/mol. The maximum atomic E-state index is 5.48. The highest BCUT2D eigenvalue weighted by molar-refractivity contribution is 4.83. The summed E-state index contributed by atoms with van der Waals surface area (Å²) in [5.41, 5.74) is 0.286. The van der Waals surface area contributed by atoms with E-state index in [0.717, 1.165) is 26.2 Å². The molecule has 13 heavy (non-hydrogen) atoms. The topological polar surface area (TPSA) is 27.7 Å². The molecule has 0 aliphatic carbocycles. The molecule has 1 aliphatic heterocycles. The van der Waals surface area contributed by atoms with Crippen molar-refractivity contribution < 1.29 is 14.2 Å². The van der Waals surface area contributed by atoms with Crippen LogP contribution in [0.15, 0.2) is 12.8 Å². The fourth-order valence-electron chi connectivity index (χ4n) is 1.26. The maximum Gasteiger partial charge on any atom is 0.111 e. The molecule has 76 valence electrons. The number of hydrogen-bond acceptors (Lipinski definition) is 3. The standard InChI is InChI=1S/C10H18O3/c1-3-10(8-13-9-10)7-12-6-5-11-4-2/h4H,2-3,5-9H2,1H3. The molecule has 0 spiro atoms. The zero-order chi connectivity index (χ0) is 9.57. The van der Waals surface area contributed by atoms with E-state index < -0.39 is 0 Å². The lowest BCUT2D eigenvalue weighted by Crippen LogP contribution is -2.45. The van der Waals surface area contributed by atoms with Gasteiger partial charge in [0, 0.05) is 5.41 Å². The van der Waals surface area contributed by atoms with E-state index >= 15 is 0 Å². The van der Waals surface area contributed by atoms with Gasteiger partial charge in [0.2, 0.25) is 0 Å². The molecule has 0 unspecified atom stereocenters. The minimum absolute atomic E-state index is 0.286. The molecule has 1 fully saturated rings. The first kappa shape index (κ1) is 10.5. The summed E-state index contributed by atoms with van der Waals surface area (Å²) in [5, 5.41) is 0. The Bertz CT molecular complexity index is 147. The van der Waals surface area contributed by atoms with Crippen LogP contribution in [0.2, 0.25) is 0 Å². The van der Waals surface area contributed by atoms with Gasteiger partial charge >= 0.3 is 0 Å². The molecular weight excluding hydrogens is 168 g/mol. The third kappa shape index (κ3) is 3.01. The molecule has 0 amide bonds. The van der Waals surface area contributed by atoms with Gasteiger partial charge in [-0.2, -0.15) is 0 Å². The van der Waals surface area contributed by atoms with Crippen LogP contribution in [0.5, 0.6) is 0 Å². The lowest BCUT2D eigenvalue weighted by molar-refractivity contribution is -0.151. The molecule has 1 aliphatic rings. The zero-order valence-corrected chi connectivity index (χ0v) is 8.25. The second-order valence-corrected chi connectivity index (χ2v) is 3.44. The van der Waals surface area contributed by atoms with Crippen molar-refractivity contribution >= 4 is 0 Å². The fourth-order valence-corrected chi connectivity index (χ4v) is 1.26. The maximum absolute atomic E-state index is 5.48. The van der Waals surface area contributed by atoms with Crippen molar-refractivity contribution in [1.82, 2.24) is 0 Å². The van der Waals surface area contributed by atoms with Crippen LogP contribution in [-0.4, -0.2) is 33.0 Å². The van der Waals surface area contributed by atoms with Gasteiger partial charge in [-0.15, -0.1) is 0 Å².